The van der Waals surface area contributed by atoms with Crippen molar-refractivity contribution in [3.63, 3.8) is 0 Å². The molecule has 0 atom stereocenters. The van der Waals surface area contributed by atoms with Gasteiger partial charge in [0.2, 0.25) is 6.79 Å². The number of nitrogens with one attached hydrogen (secondary N) is 1. The standard InChI is InChI=1S/C17H19N3O3/c1-3-20(4-2)14-7-12(9-18-10-14)17(21)19-13-5-6-15-16(8-13)23-11-22-15/h5-10H,3-4,11H2,1-2H3,(H,19,21). The van der Waals surface area contributed by atoms with Crippen LogP contribution >= 0.6 is 0 Å². The number of hydrogen-bond acceptors (Lipinski definition) is 5. The molecule has 23 heavy (non-hydrogen) atoms. The zero-order valence-corrected chi connectivity index (χ0v) is 13.2. The normalized spacial score (nSPS) is 12.1. The Kier molecular flexibility index (Phi) is 4.32. The van der Waals surface area contributed by atoms with Crippen molar-refractivity contribution in [1.82, 2.24) is 4.98 Å². The maximum absolute atomic E-state index is 12.4. The van der Waals surface area contributed by atoms with Crippen LogP contribution in [0.2, 0.25) is 0 Å². The largest absolute Gasteiger partial charge is 0.454 e. The Labute approximate surface area is 135 Å². The topological polar surface area (TPSA) is 63.7 Å². The van der Waals surface area contributed by atoms with Crippen LogP contribution in [0.3, 0.4) is 0 Å². The number of pyridine rings is 1. The van der Waals surface area contributed by atoms with Crippen molar-refractivity contribution in [2.24, 2.45) is 0 Å². The first-order valence-corrected chi connectivity index (χ1v) is 7.62. The van der Waals surface area contributed by atoms with Gasteiger partial charge in [-0.3, -0.25) is 9.78 Å². The lowest BCUT2D eigenvalue weighted by molar-refractivity contribution is 0.102. The van der Waals surface area contributed by atoms with E-state index in [0.29, 0.717) is 22.7 Å². The molecular formula is C17H19N3O3. The fraction of sp³-hybridized carbons (Fsp3) is 0.294. The van der Waals surface area contributed by atoms with E-state index in [1.54, 1.807) is 30.6 Å². The molecule has 0 spiro atoms. The SMILES string of the molecule is CCN(CC)c1cncc(C(=O)Nc2ccc3c(c2)OCO3)c1. The molecule has 6 heteroatoms. The van der Waals surface area contributed by atoms with Crippen LogP contribution in [0.1, 0.15) is 24.2 Å². The second kappa shape index (κ2) is 6.56. The number of nitrogens with zero attached hydrogens (tertiary/aromatic N) is 2. The van der Waals surface area contributed by atoms with Gasteiger partial charge in [0.25, 0.3) is 5.91 Å². The van der Waals surface area contributed by atoms with Crippen LogP contribution in [0.4, 0.5) is 11.4 Å². The van der Waals surface area contributed by atoms with Crippen LogP contribution in [-0.4, -0.2) is 30.8 Å². The van der Waals surface area contributed by atoms with Crippen LogP contribution in [0.15, 0.2) is 36.7 Å². The van der Waals surface area contributed by atoms with Gasteiger partial charge in [-0.15, -0.1) is 0 Å². The third-order valence-corrected chi connectivity index (χ3v) is 3.75. The number of amides is 1. The van der Waals surface area contributed by atoms with Gasteiger partial charge in [-0.05, 0) is 32.0 Å². The predicted molar refractivity (Wildman–Crippen MR) is 88.3 cm³/mol. The second-order valence-electron chi connectivity index (χ2n) is 5.13. The highest BCUT2D eigenvalue weighted by Gasteiger charge is 2.15. The van der Waals surface area contributed by atoms with E-state index in [1.807, 2.05) is 6.07 Å². The van der Waals surface area contributed by atoms with Crippen LogP contribution in [0, 0.1) is 0 Å². The molecule has 6 nitrogen and oxygen atoms in total. The highest BCUT2D eigenvalue weighted by Crippen LogP contribution is 2.34. The van der Waals surface area contributed by atoms with E-state index < -0.39 is 0 Å². The van der Waals surface area contributed by atoms with Gasteiger partial charge in [0.15, 0.2) is 11.5 Å². The van der Waals surface area contributed by atoms with E-state index in [9.17, 15) is 4.79 Å². The Morgan fingerprint density at radius 2 is 1.96 bits per heavy atom. The van der Waals surface area contributed by atoms with E-state index in [2.05, 4.69) is 29.0 Å². The average Bonchev–Trinajstić information content (AvgIpc) is 3.04. The number of hydrogen-bond donors (Lipinski definition) is 1. The minimum absolute atomic E-state index is 0.203. The summed E-state index contributed by atoms with van der Waals surface area (Å²) in [6.07, 6.45) is 3.33. The zero-order chi connectivity index (χ0) is 16.2. The Morgan fingerprint density at radius 1 is 1.17 bits per heavy atom. The number of benzene rings is 1. The highest BCUT2D eigenvalue weighted by molar-refractivity contribution is 6.04. The first-order chi connectivity index (χ1) is 11.2. The first kappa shape index (κ1) is 15.1. The van der Waals surface area contributed by atoms with Gasteiger partial charge in [-0.1, -0.05) is 0 Å². The number of anilines is 2. The second-order valence-corrected chi connectivity index (χ2v) is 5.13. The molecule has 0 bridgehead atoms. The molecule has 1 N–H and O–H groups in total. The molecule has 0 unspecified atom stereocenters. The van der Waals surface area contributed by atoms with Gasteiger partial charge < -0.3 is 19.7 Å². The molecule has 1 aromatic carbocycles. The third kappa shape index (κ3) is 3.21. The maximum Gasteiger partial charge on any atom is 0.257 e. The summed E-state index contributed by atoms with van der Waals surface area (Å²) in [6, 6.07) is 7.17. The molecule has 1 amide bonds. The fourth-order valence-corrected chi connectivity index (χ4v) is 2.49. The number of fused-ring (bicyclic) bond motifs is 1. The number of rotatable bonds is 5. The minimum Gasteiger partial charge on any atom is -0.454 e. The molecule has 0 saturated heterocycles. The molecule has 0 aliphatic carbocycles. The van der Waals surface area contributed by atoms with E-state index >= 15 is 0 Å². The van der Waals surface area contributed by atoms with Crippen molar-refractivity contribution < 1.29 is 14.3 Å². The number of aromatic nitrogens is 1. The summed E-state index contributed by atoms with van der Waals surface area (Å²) >= 11 is 0. The summed E-state index contributed by atoms with van der Waals surface area (Å²) in [4.78, 5) is 18.7. The first-order valence-electron chi connectivity index (χ1n) is 7.62. The highest BCUT2D eigenvalue weighted by atomic mass is 16.7. The van der Waals surface area contributed by atoms with Gasteiger partial charge in [0.1, 0.15) is 0 Å². The fourth-order valence-electron chi connectivity index (χ4n) is 2.49. The third-order valence-electron chi connectivity index (χ3n) is 3.75. The molecule has 1 aromatic heterocycles. The summed E-state index contributed by atoms with van der Waals surface area (Å²) in [5, 5.41) is 2.86. The molecule has 0 fully saturated rings. The molecule has 120 valence electrons. The van der Waals surface area contributed by atoms with Crippen LogP contribution < -0.4 is 19.7 Å². The van der Waals surface area contributed by atoms with Gasteiger partial charge in [-0.2, -0.15) is 0 Å². The molecule has 1 aliphatic rings. The van der Waals surface area contributed by atoms with Crippen LogP contribution in [-0.2, 0) is 0 Å². The van der Waals surface area contributed by atoms with Crippen molar-refractivity contribution in [1.29, 1.82) is 0 Å². The maximum atomic E-state index is 12.4. The van der Waals surface area contributed by atoms with Gasteiger partial charge >= 0.3 is 0 Å². The Bertz CT molecular complexity index is 714. The van der Waals surface area contributed by atoms with Crippen molar-refractivity contribution in [2.75, 3.05) is 30.1 Å². The summed E-state index contributed by atoms with van der Waals surface area (Å²) < 4.78 is 10.6. The van der Waals surface area contributed by atoms with Crippen molar-refractivity contribution >= 4 is 17.3 Å². The lowest BCUT2D eigenvalue weighted by atomic mass is 10.2. The Balaban J connectivity index is 1.77. The predicted octanol–water partition coefficient (Wildman–Crippen LogP) is 2.91. The van der Waals surface area contributed by atoms with Crippen LogP contribution in [0.5, 0.6) is 11.5 Å². The molecule has 3 rings (SSSR count). The zero-order valence-electron chi connectivity index (χ0n) is 13.2. The molecular weight excluding hydrogens is 294 g/mol. The monoisotopic (exact) mass is 313 g/mol. The number of ether oxygens (including phenoxy) is 2. The van der Waals surface area contributed by atoms with E-state index in [1.165, 1.54) is 0 Å². The summed E-state index contributed by atoms with van der Waals surface area (Å²) in [5.74, 6) is 1.12. The quantitative estimate of drug-likeness (QED) is 0.919. The van der Waals surface area contributed by atoms with Crippen LogP contribution in [0.25, 0.3) is 0 Å². The van der Waals surface area contributed by atoms with E-state index in [4.69, 9.17) is 9.47 Å². The van der Waals surface area contributed by atoms with Crippen molar-refractivity contribution in [3.05, 3.63) is 42.2 Å². The Morgan fingerprint density at radius 3 is 2.74 bits per heavy atom. The molecule has 1 aliphatic heterocycles. The van der Waals surface area contributed by atoms with Gasteiger partial charge in [-0.25, -0.2) is 0 Å². The average molecular weight is 313 g/mol. The summed E-state index contributed by atoms with van der Waals surface area (Å²) in [5.41, 5.74) is 2.12. The van der Waals surface area contributed by atoms with Crippen molar-refractivity contribution in [2.45, 2.75) is 13.8 Å². The Hall–Kier alpha value is -2.76. The van der Waals surface area contributed by atoms with E-state index in [0.717, 1.165) is 18.8 Å². The van der Waals surface area contributed by atoms with E-state index in [-0.39, 0.29) is 12.7 Å². The summed E-state index contributed by atoms with van der Waals surface area (Å²) in [6.45, 7) is 6.09. The lowest BCUT2D eigenvalue weighted by Crippen LogP contribution is -2.22. The molecule has 0 saturated carbocycles. The number of carbonyl (C=O) groups excluding carboxylic acids is 1. The summed E-state index contributed by atoms with van der Waals surface area (Å²) in [7, 11) is 0. The smallest absolute Gasteiger partial charge is 0.257 e. The van der Waals surface area contributed by atoms with Gasteiger partial charge in [0.05, 0.1) is 17.4 Å². The van der Waals surface area contributed by atoms with Gasteiger partial charge in [0, 0.05) is 31.0 Å². The molecule has 2 aromatic rings. The molecule has 0 radical (unpaired) electrons. The minimum atomic E-state index is -0.203. The molecule has 2 heterocycles. The number of carbonyl (C=O) groups is 1. The lowest BCUT2D eigenvalue weighted by Gasteiger charge is -2.20. The van der Waals surface area contributed by atoms with Crippen molar-refractivity contribution in [3.8, 4) is 11.5 Å².